The number of carbonyl (C=O) groups is 2. The summed E-state index contributed by atoms with van der Waals surface area (Å²) in [6.45, 7) is 5.74. The Morgan fingerprint density at radius 1 is 1.15 bits per heavy atom. The second-order valence-electron chi connectivity index (χ2n) is 8.96. The van der Waals surface area contributed by atoms with Gasteiger partial charge in [-0.05, 0) is 56.2 Å². The Morgan fingerprint density at radius 3 is 2.46 bits per heavy atom. The average molecular weight is 561 g/mol. The van der Waals surface area contributed by atoms with E-state index in [0.29, 0.717) is 34.0 Å². The summed E-state index contributed by atoms with van der Waals surface area (Å²) in [6, 6.07) is 11.2. The summed E-state index contributed by atoms with van der Waals surface area (Å²) in [7, 11) is 1.25. The van der Waals surface area contributed by atoms with Crippen molar-refractivity contribution in [2.75, 3.05) is 12.4 Å². The van der Waals surface area contributed by atoms with Gasteiger partial charge < -0.3 is 14.8 Å². The standard InChI is InChI=1S/C27H27F3N4O4S/c1-5-18-13-23(35)34(33-24(18)19-8-11-21(22(12-19)37-4)38-27(28,29)30)14-17-6-9-20(10-7-17)32-26(36)25-15(2)31-16(3)39-25/h6-12,18H,5,13-14H2,1-4H3,(H,32,36). The Balaban J connectivity index is 1.53. The summed E-state index contributed by atoms with van der Waals surface area (Å²) in [4.78, 5) is 30.3. The van der Waals surface area contributed by atoms with Crippen LogP contribution in [-0.4, -0.2) is 41.0 Å². The molecule has 2 aromatic carbocycles. The van der Waals surface area contributed by atoms with Crippen molar-refractivity contribution in [2.24, 2.45) is 11.0 Å². The number of alkyl halides is 3. The maximum atomic E-state index is 12.9. The number of carbonyl (C=O) groups excluding carboxylic acids is 2. The highest BCUT2D eigenvalue weighted by Gasteiger charge is 2.34. The smallest absolute Gasteiger partial charge is 0.493 e. The molecule has 39 heavy (non-hydrogen) atoms. The van der Waals surface area contributed by atoms with Crippen molar-refractivity contribution >= 4 is 34.6 Å². The normalized spacial score (nSPS) is 15.7. The topological polar surface area (TPSA) is 93.1 Å². The minimum absolute atomic E-state index is 0.0906. The van der Waals surface area contributed by atoms with Crippen LogP contribution in [0.25, 0.3) is 0 Å². The van der Waals surface area contributed by atoms with E-state index < -0.39 is 12.1 Å². The van der Waals surface area contributed by atoms with Gasteiger partial charge in [0.25, 0.3) is 5.91 Å². The molecular formula is C27H27F3N4O4S. The van der Waals surface area contributed by atoms with E-state index in [4.69, 9.17) is 4.74 Å². The largest absolute Gasteiger partial charge is 0.573 e. The van der Waals surface area contributed by atoms with Crippen LogP contribution in [0.1, 0.15) is 51.3 Å². The molecule has 0 bridgehead atoms. The van der Waals surface area contributed by atoms with E-state index in [1.54, 1.807) is 31.2 Å². The second-order valence-corrected chi connectivity index (χ2v) is 10.2. The average Bonchev–Trinajstić information content (AvgIpc) is 3.23. The number of halogens is 3. The number of methoxy groups -OCH3 is 1. The lowest BCUT2D eigenvalue weighted by molar-refractivity contribution is -0.275. The second kappa shape index (κ2) is 11.4. The molecule has 2 heterocycles. The molecule has 2 amide bonds. The number of hydrogen-bond donors (Lipinski definition) is 1. The number of amides is 2. The van der Waals surface area contributed by atoms with Crippen molar-refractivity contribution in [2.45, 2.75) is 46.5 Å². The number of aryl methyl sites for hydroxylation is 2. The van der Waals surface area contributed by atoms with Crippen LogP contribution in [0.5, 0.6) is 11.5 Å². The van der Waals surface area contributed by atoms with E-state index in [9.17, 15) is 22.8 Å². The molecule has 0 saturated carbocycles. The molecule has 1 N–H and O–H groups in total. The number of nitrogens with zero attached hydrogens (tertiary/aromatic N) is 3. The molecule has 3 aromatic rings. The molecule has 0 fully saturated rings. The maximum absolute atomic E-state index is 12.9. The minimum atomic E-state index is -4.86. The van der Waals surface area contributed by atoms with Crippen LogP contribution in [-0.2, 0) is 11.3 Å². The van der Waals surface area contributed by atoms with Gasteiger partial charge >= 0.3 is 6.36 Å². The number of rotatable bonds is 8. The number of hydrazone groups is 1. The number of ether oxygens (including phenoxy) is 2. The molecule has 12 heteroatoms. The van der Waals surface area contributed by atoms with Crippen LogP contribution < -0.4 is 14.8 Å². The number of anilines is 1. The quantitative estimate of drug-likeness (QED) is 0.360. The van der Waals surface area contributed by atoms with E-state index in [2.05, 4.69) is 20.1 Å². The van der Waals surface area contributed by atoms with Gasteiger partial charge in [-0.2, -0.15) is 5.10 Å². The zero-order valence-corrected chi connectivity index (χ0v) is 22.6. The summed E-state index contributed by atoms with van der Waals surface area (Å²) in [5, 5.41) is 9.61. The Bertz CT molecular complexity index is 1400. The van der Waals surface area contributed by atoms with E-state index in [1.165, 1.54) is 41.7 Å². The Kier molecular flexibility index (Phi) is 8.24. The fraction of sp³-hybridized carbons (Fsp3) is 0.333. The first-order valence-corrected chi connectivity index (χ1v) is 13.0. The number of thiazole rings is 1. The minimum Gasteiger partial charge on any atom is -0.493 e. The van der Waals surface area contributed by atoms with E-state index in [-0.39, 0.29) is 36.4 Å². The van der Waals surface area contributed by atoms with Gasteiger partial charge in [-0.1, -0.05) is 19.1 Å². The van der Waals surface area contributed by atoms with Gasteiger partial charge in [0.2, 0.25) is 5.91 Å². The van der Waals surface area contributed by atoms with Crippen LogP contribution in [0.15, 0.2) is 47.6 Å². The van der Waals surface area contributed by atoms with Gasteiger partial charge in [0.1, 0.15) is 4.88 Å². The molecular weight excluding hydrogens is 533 g/mol. The molecule has 0 radical (unpaired) electrons. The highest BCUT2D eigenvalue weighted by Crippen LogP contribution is 2.35. The summed E-state index contributed by atoms with van der Waals surface area (Å²) >= 11 is 1.33. The molecule has 1 unspecified atom stereocenters. The van der Waals surface area contributed by atoms with Crippen molar-refractivity contribution in [3.8, 4) is 11.5 Å². The lowest BCUT2D eigenvalue weighted by atomic mass is 9.89. The molecule has 1 aliphatic rings. The predicted octanol–water partition coefficient (Wildman–Crippen LogP) is 6.08. The number of aromatic nitrogens is 1. The van der Waals surface area contributed by atoms with Crippen LogP contribution >= 0.6 is 11.3 Å². The van der Waals surface area contributed by atoms with Crippen LogP contribution in [0, 0.1) is 19.8 Å². The molecule has 0 spiro atoms. The van der Waals surface area contributed by atoms with Gasteiger partial charge in [0.05, 0.1) is 30.1 Å². The third-order valence-electron chi connectivity index (χ3n) is 6.16. The van der Waals surface area contributed by atoms with Gasteiger partial charge in [-0.15, -0.1) is 24.5 Å². The fourth-order valence-electron chi connectivity index (χ4n) is 4.27. The van der Waals surface area contributed by atoms with Crippen LogP contribution in [0.2, 0.25) is 0 Å². The zero-order valence-electron chi connectivity index (χ0n) is 21.8. The predicted molar refractivity (Wildman–Crippen MR) is 141 cm³/mol. The number of hydrogen-bond acceptors (Lipinski definition) is 7. The lowest BCUT2D eigenvalue weighted by Gasteiger charge is -2.29. The molecule has 1 atom stereocenters. The van der Waals surface area contributed by atoms with Gasteiger partial charge in [-0.3, -0.25) is 9.59 Å². The monoisotopic (exact) mass is 560 g/mol. The van der Waals surface area contributed by atoms with Crippen molar-refractivity contribution in [3.63, 3.8) is 0 Å². The number of nitrogens with one attached hydrogen (secondary N) is 1. The first kappa shape index (κ1) is 28.1. The zero-order chi connectivity index (χ0) is 28.3. The fourth-order valence-corrected chi connectivity index (χ4v) is 5.08. The molecule has 0 saturated heterocycles. The van der Waals surface area contributed by atoms with Crippen molar-refractivity contribution in [1.29, 1.82) is 0 Å². The van der Waals surface area contributed by atoms with Crippen LogP contribution in [0.4, 0.5) is 18.9 Å². The van der Waals surface area contributed by atoms with Crippen LogP contribution in [0.3, 0.4) is 0 Å². The van der Waals surface area contributed by atoms with Crippen molar-refractivity contribution in [1.82, 2.24) is 9.99 Å². The molecule has 8 nitrogen and oxygen atoms in total. The maximum Gasteiger partial charge on any atom is 0.573 e. The third kappa shape index (κ3) is 6.75. The van der Waals surface area contributed by atoms with Gasteiger partial charge in [-0.25, -0.2) is 9.99 Å². The van der Waals surface area contributed by atoms with Crippen molar-refractivity contribution < 1.29 is 32.2 Å². The molecule has 1 aromatic heterocycles. The lowest BCUT2D eigenvalue weighted by Crippen LogP contribution is -2.36. The summed E-state index contributed by atoms with van der Waals surface area (Å²) < 4.78 is 47.4. The summed E-state index contributed by atoms with van der Waals surface area (Å²) in [6.07, 6.45) is -4.03. The van der Waals surface area contributed by atoms with Gasteiger partial charge in [0.15, 0.2) is 11.5 Å². The Hall–Kier alpha value is -3.93. The van der Waals surface area contributed by atoms with Gasteiger partial charge in [0, 0.05) is 23.6 Å². The summed E-state index contributed by atoms with van der Waals surface area (Å²) in [5.74, 6) is -1.16. The SMILES string of the molecule is CCC1CC(=O)N(Cc2ccc(NC(=O)c3sc(C)nc3C)cc2)N=C1c1ccc(OC(F)(F)F)c(OC)c1. The first-order valence-electron chi connectivity index (χ1n) is 12.1. The third-order valence-corrected chi connectivity index (χ3v) is 7.23. The van der Waals surface area contributed by atoms with E-state index >= 15 is 0 Å². The highest BCUT2D eigenvalue weighted by molar-refractivity contribution is 7.13. The summed E-state index contributed by atoms with van der Waals surface area (Å²) in [5.41, 5.74) is 3.18. The van der Waals surface area contributed by atoms with Crippen molar-refractivity contribution in [3.05, 3.63) is 69.2 Å². The van der Waals surface area contributed by atoms with E-state index in [1.807, 2.05) is 13.8 Å². The Morgan fingerprint density at radius 2 is 1.87 bits per heavy atom. The molecule has 1 aliphatic heterocycles. The van der Waals surface area contributed by atoms with E-state index in [0.717, 1.165) is 10.6 Å². The molecule has 4 rings (SSSR count). The molecule has 206 valence electrons. The number of benzene rings is 2. The Labute approximate surface area is 227 Å². The highest BCUT2D eigenvalue weighted by atomic mass is 32.1. The molecule has 0 aliphatic carbocycles. The first-order chi connectivity index (χ1) is 18.5.